The van der Waals surface area contributed by atoms with Crippen LogP contribution in [0.25, 0.3) is 11.0 Å². The summed E-state index contributed by atoms with van der Waals surface area (Å²) in [5.74, 6) is 0.732. The zero-order valence-electron chi connectivity index (χ0n) is 8.51. The SMILES string of the molecule is Nc1nc2cc3c(cc2[n+]([O-])n1)OCCC3. The number of ether oxygens (including phenoxy) is 1. The molecule has 82 valence electrons. The van der Waals surface area contributed by atoms with Gasteiger partial charge < -0.3 is 15.7 Å². The van der Waals surface area contributed by atoms with Crippen LogP contribution in [-0.4, -0.2) is 16.7 Å². The fourth-order valence-electron chi connectivity index (χ4n) is 1.91. The van der Waals surface area contributed by atoms with E-state index in [2.05, 4.69) is 10.1 Å². The van der Waals surface area contributed by atoms with Crippen LogP contribution in [0.3, 0.4) is 0 Å². The predicted molar refractivity (Wildman–Crippen MR) is 56.7 cm³/mol. The van der Waals surface area contributed by atoms with Crippen LogP contribution in [0.1, 0.15) is 12.0 Å². The van der Waals surface area contributed by atoms with Crippen molar-refractivity contribution in [2.24, 2.45) is 0 Å². The van der Waals surface area contributed by atoms with Crippen molar-refractivity contribution >= 4 is 17.0 Å². The second-order valence-corrected chi connectivity index (χ2v) is 3.74. The smallest absolute Gasteiger partial charge is 0.288 e. The molecule has 0 saturated carbocycles. The van der Waals surface area contributed by atoms with Crippen molar-refractivity contribution in [3.05, 3.63) is 22.9 Å². The van der Waals surface area contributed by atoms with Gasteiger partial charge in [0.2, 0.25) is 0 Å². The molecule has 1 aliphatic rings. The minimum atomic E-state index is -0.0147. The predicted octanol–water partition coefficient (Wildman–Crippen LogP) is 0.170. The van der Waals surface area contributed by atoms with Crippen molar-refractivity contribution in [3.63, 3.8) is 0 Å². The van der Waals surface area contributed by atoms with E-state index in [-0.39, 0.29) is 5.95 Å². The van der Waals surface area contributed by atoms with Gasteiger partial charge in [-0.2, -0.15) is 0 Å². The highest BCUT2D eigenvalue weighted by atomic mass is 16.5. The van der Waals surface area contributed by atoms with E-state index in [0.29, 0.717) is 22.5 Å². The largest absolute Gasteiger partial charge is 0.594 e. The van der Waals surface area contributed by atoms with Crippen molar-refractivity contribution in [1.29, 1.82) is 0 Å². The lowest BCUT2D eigenvalue weighted by Crippen LogP contribution is -2.33. The highest BCUT2D eigenvalue weighted by Gasteiger charge is 2.17. The number of nitrogen functional groups attached to an aromatic ring is 1. The summed E-state index contributed by atoms with van der Waals surface area (Å²) < 4.78 is 5.48. The van der Waals surface area contributed by atoms with Gasteiger partial charge >= 0.3 is 0 Å². The summed E-state index contributed by atoms with van der Waals surface area (Å²) in [6.07, 6.45) is 1.92. The second kappa shape index (κ2) is 3.19. The molecule has 16 heavy (non-hydrogen) atoms. The van der Waals surface area contributed by atoms with Crippen LogP contribution >= 0.6 is 0 Å². The van der Waals surface area contributed by atoms with Gasteiger partial charge in [0.15, 0.2) is 0 Å². The summed E-state index contributed by atoms with van der Waals surface area (Å²) >= 11 is 0. The average Bonchev–Trinajstić information content (AvgIpc) is 2.27. The Labute approximate surface area is 91.2 Å². The van der Waals surface area contributed by atoms with E-state index in [4.69, 9.17) is 10.5 Å². The quantitative estimate of drug-likeness (QED) is 0.503. The highest BCUT2D eigenvalue weighted by Crippen LogP contribution is 2.27. The maximum absolute atomic E-state index is 11.5. The first-order chi connectivity index (χ1) is 7.74. The molecule has 2 aromatic rings. The molecule has 0 bridgehead atoms. The number of aryl methyl sites for hydroxylation is 1. The molecule has 3 rings (SSSR count). The zero-order chi connectivity index (χ0) is 11.1. The fourth-order valence-corrected chi connectivity index (χ4v) is 1.91. The Hall–Kier alpha value is -2.11. The Morgan fingerprint density at radius 1 is 1.44 bits per heavy atom. The van der Waals surface area contributed by atoms with Gasteiger partial charge in [-0.1, -0.05) is 0 Å². The fraction of sp³-hybridized carbons (Fsp3) is 0.300. The minimum Gasteiger partial charge on any atom is -0.594 e. The molecule has 0 radical (unpaired) electrons. The molecule has 0 aliphatic carbocycles. The number of fused-ring (bicyclic) bond motifs is 2. The summed E-state index contributed by atoms with van der Waals surface area (Å²) in [4.78, 5) is 4.52. The third-order valence-electron chi connectivity index (χ3n) is 2.64. The Bertz CT molecular complexity index is 570. The Balaban J connectivity index is 2.31. The number of hydrogen-bond donors (Lipinski definition) is 1. The van der Waals surface area contributed by atoms with Crippen LogP contribution in [0.2, 0.25) is 0 Å². The molecule has 1 aliphatic heterocycles. The van der Waals surface area contributed by atoms with E-state index in [1.807, 2.05) is 6.07 Å². The summed E-state index contributed by atoms with van der Waals surface area (Å²) in [6, 6.07) is 3.52. The molecule has 0 spiro atoms. The summed E-state index contributed by atoms with van der Waals surface area (Å²) in [5.41, 5.74) is 7.44. The average molecular weight is 218 g/mol. The second-order valence-electron chi connectivity index (χ2n) is 3.74. The molecule has 2 N–H and O–H groups in total. The van der Waals surface area contributed by atoms with E-state index in [1.54, 1.807) is 6.07 Å². The molecule has 1 aromatic heterocycles. The van der Waals surface area contributed by atoms with Gasteiger partial charge in [0.1, 0.15) is 11.3 Å². The Kier molecular flexibility index (Phi) is 1.82. The van der Waals surface area contributed by atoms with E-state index in [1.165, 1.54) is 0 Å². The van der Waals surface area contributed by atoms with Gasteiger partial charge in [-0.3, -0.25) is 0 Å². The topological polar surface area (TPSA) is 88.0 Å². The number of rotatable bonds is 0. The molecule has 6 heteroatoms. The Morgan fingerprint density at radius 3 is 3.19 bits per heavy atom. The monoisotopic (exact) mass is 218 g/mol. The van der Waals surface area contributed by atoms with Crippen LogP contribution < -0.4 is 15.3 Å². The van der Waals surface area contributed by atoms with Gasteiger partial charge in [-0.05, 0) is 29.3 Å². The molecule has 6 nitrogen and oxygen atoms in total. The standard InChI is InChI=1S/C10H10N4O2/c11-10-12-7-4-6-2-1-3-16-9(6)5-8(7)14(15)13-10/h4-5H,1-3H2,(H2,11,12,13). The lowest BCUT2D eigenvalue weighted by Gasteiger charge is -2.16. The minimum absolute atomic E-state index is 0.0147. The number of anilines is 1. The molecule has 0 saturated heterocycles. The zero-order valence-corrected chi connectivity index (χ0v) is 8.51. The summed E-state index contributed by atoms with van der Waals surface area (Å²) in [5, 5.41) is 15.0. The molecular weight excluding hydrogens is 208 g/mol. The van der Waals surface area contributed by atoms with Gasteiger partial charge in [-0.15, -0.1) is 0 Å². The van der Waals surface area contributed by atoms with Gasteiger partial charge in [0.05, 0.1) is 17.8 Å². The van der Waals surface area contributed by atoms with Crippen LogP contribution in [0, 0.1) is 5.21 Å². The maximum atomic E-state index is 11.5. The number of aromatic nitrogens is 3. The van der Waals surface area contributed by atoms with Crippen LogP contribution in [0.5, 0.6) is 5.75 Å². The van der Waals surface area contributed by atoms with Gasteiger partial charge in [-0.25, -0.2) is 4.98 Å². The molecule has 2 heterocycles. The number of benzene rings is 1. The third kappa shape index (κ3) is 1.30. The number of nitrogens with zero attached hydrogens (tertiary/aromatic N) is 3. The lowest BCUT2D eigenvalue weighted by atomic mass is 10.1. The molecule has 0 fully saturated rings. The number of hydrogen-bond acceptors (Lipinski definition) is 5. The highest BCUT2D eigenvalue weighted by molar-refractivity contribution is 5.75. The summed E-state index contributed by atoms with van der Waals surface area (Å²) in [7, 11) is 0. The third-order valence-corrected chi connectivity index (χ3v) is 2.64. The summed E-state index contributed by atoms with van der Waals surface area (Å²) in [6.45, 7) is 0.688. The number of nitrogens with two attached hydrogens (primary N) is 1. The van der Waals surface area contributed by atoms with Crippen LogP contribution in [0.4, 0.5) is 5.95 Å². The van der Waals surface area contributed by atoms with E-state index < -0.39 is 0 Å². The molecule has 0 amide bonds. The van der Waals surface area contributed by atoms with Crippen molar-refractivity contribution in [2.75, 3.05) is 12.3 Å². The van der Waals surface area contributed by atoms with E-state index in [0.717, 1.165) is 24.2 Å². The van der Waals surface area contributed by atoms with Crippen molar-refractivity contribution in [2.45, 2.75) is 12.8 Å². The maximum Gasteiger partial charge on any atom is 0.288 e. The first-order valence-corrected chi connectivity index (χ1v) is 5.07. The van der Waals surface area contributed by atoms with Crippen molar-refractivity contribution < 1.29 is 9.58 Å². The van der Waals surface area contributed by atoms with E-state index in [9.17, 15) is 5.21 Å². The first-order valence-electron chi connectivity index (χ1n) is 5.07. The molecule has 0 unspecified atom stereocenters. The van der Waals surface area contributed by atoms with Crippen molar-refractivity contribution in [1.82, 2.24) is 10.1 Å². The van der Waals surface area contributed by atoms with Crippen molar-refractivity contribution in [3.8, 4) is 5.75 Å². The normalized spacial score (nSPS) is 14.5. The molecule has 0 atom stereocenters. The van der Waals surface area contributed by atoms with Crippen LogP contribution in [-0.2, 0) is 6.42 Å². The first kappa shape index (κ1) is 9.14. The lowest BCUT2D eigenvalue weighted by molar-refractivity contribution is -0.641. The van der Waals surface area contributed by atoms with E-state index >= 15 is 0 Å². The van der Waals surface area contributed by atoms with Gasteiger partial charge in [0, 0.05) is 0 Å². The molecule has 1 aromatic carbocycles. The van der Waals surface area contributed by atoms with Crippen LogP contribution in [0.15, 0.2) is 12.1 Å². The Morgan fingerprint density at radius 2 is 2.31 bits per heavy atom. The van der Waals surface area contributed by atoms with Gasteiger partial charge in [0.25, 0.3) is 11.5 Å². The molecular formula is C10H10N4O2.